The second kappa shape index (κ2) is 8.59. The summed E-state index contributed by atoms with van der Waals surface area (Å²) in [7, 11) is 3.24. The first-order chi connectivity index (χ1) is 13.1. The molecule has 0 unspecified atom stereocenters. The molecule has 3 rings (SSSR count). The monoisotopic (exact) mass is 433 g/mol. The highest BCUT2D eigenvalue weighted by Crippen LogP contribution is 2.36. The maximum absolute atomic E-state index is 13.9. The molecule has 0 atom stereocenters. The summed E-state index contributed by atoms with van der Waals surface area (Å²) in [6.07, 6.45) is 0. The van der Waals surface area contributed by atoms with Gasteiger partial charge < -0.3 is 14.4 Å². The molecule has 2 aromatic carbocycles. The molecule has 0 amide bonds. The van der Waals surface area contributed by atoms with Crippen molar-refractivity contribution in [3.63, 3.8) is 0 Å². The second-order valence-corrected chi connectivity index (χ2v) is 7.18. The molecule has 1 heterocycles. The smallest absolute Gasteiger partial charge is 0.174 e. The fraction of sp³-hybridized carbons (Fsp3) is 0.350. The van der Waals surface area contributed by atoms with Crippen molar-refractivity contribution >= 4 is 21.6 Å². The van der Waals surface area contributed by atoms with Crippen LogP contribution in [0.3, 0.4) is 0 Å². The van der Waals surface area contributed by atoms with E-state index in [1.165, 1.54) is 6.07 Å². The molecule has 1 fully saturated rings. The zero-order valence-electron chi connectivity index (χ0n) is 15.3. The summed E-state index contributed by atoms with van der Waals surface area (Å²) in [5.41, 5.74) is 1.91. The average molecular weight is 434 g/mol. The highest BCUT2D eigenvalue weighted by atomic mass is 79.9. The molecule has 0 spiro atoms. The Hall–Kier alpha value is -2.30. The first-order valence-corrected chi connectivity index (χ1v) is 9.43. The van der Waals surface area contributed by atoms with Crippen LogP contribution in [0.4, 0.5) is 10.1 Å². The largest absolute Gasteiger partial charge is 0.493 e. The van der Waals surface area contributed by atoms with E-state index in [2.05, 4.69) is 25.7 Å². The van der Waals surface area contributed by atoms with Crippen LogP contribution in [0, 0.1) is 17.1 Å². The molecule has 0 saturated carbocycles. The molecule has 0 N–H and O–H groups in total. The van der Waals surface area contributed by atoms with Gasteiger partial charge in [-0.05, 0) is 45.8 Å². The van der Waals surface area contributed by atoms with Gasteiger partial charge in [-0.25, -0.2) is 4.39 Å². The summed E-state index contributed by atoms with van der Waals surface area (Å²) < 4.78 is 25.5. The lowest BCUT2D eigenvalue weighted by molar-refractivity contribution is 0.249. The third-order valence-corrected chi connectivity index (χ3v) is 5.30. The molecule has 0 aliphatic carbocycles. The van der Waals surface area contributed by atoms with E-state index >= 15 is 0 Å². The van der Waals surface area contributed by atoms with Crippen molar-refractivity contribution in [2.45, 2.75) is 6.54 Å². The third-order valence-electron chi connectivity index (χ3n) is 4.72. The number of ether oxygens (including phenoxy) is 2. The fourth-order valence-corrected chi connectivity index (χ4v) is 4.01. The van der Waals surface area contributed by atoms with Gasteiger partial charge in [0, 0.05) is 32.7 Å². The maximum atomic E-state index is 13.9. The summed E-state index contributed by atoms with van der Waals surface area (Å²) in [5.74, 6) is 0.910. The molecular weight excluding hydrogens is 413 g/mol. The second-order valence-electron chi connectivity index (χ2n) is 6.32. The summed E-state index contributed by atoms with van der Waals surface area (Å²) >= 11 is 3.53. The molecule has 7 heteroatoms. The van der Waals surface area contributed by atoms with Crippen LogP contribution in [0.15, 0.2) is 34.8 Å². The zero-order valence-corrected chi connectivity index (χ0v) is 16.9. The van der Waals surface area contributed by atoms with Crippen molar-refractivity contribution in [2.75, 3.05) is 45.3 Å². The van der Waals surface area contributed by atoms with Gasteiger partial charge in [0.05, 0.1) is 24.4 Å². The standard InChI is InChI=1S/C20H21BrFN3O2/c1-26-19-11-14(10-16(21)20(19)27-2)13-24-6-8-25(9-7-24)18-5-3-4-17(22)15(18)12-23/h3-5,10-11H,6-9,13H2,1-2H3. The number of halogens is 2. The molecule has 142 valence electrons. The number of nitriles is 1. The number of hydrogen-bond acceptors (Lipinski definition) is 5. The SMILES string of the molecule is COc1cc(CN2CCN(c3cccc(F)c3C#N)CC2)cc(Br)c1OC. The number of nitrogens with zero attached hydrogens (tertiary/aromatic N) is 3. The van der Waals surface area contributed by atoms with Gasteiger partial charge in [0.2, 0.25) is 0 Å². The Kier molecular flexibility index (Phi) is 6.19. The van der Waals surface area contributed by atoms with Gasteiger partial charge in [-0.3, -0.25) is 4.90 Å². The van der Waals surface area contributed by atoms with Crippen LogP contribution < -0.4 is 14.4 Å². The van der Waals surface area contributed by atoms with Crippen molar-refractivity contribution < 1.29 is 13.9 Å². The molecule has 2 aromatic rings. The Morgan fingerprint density at radius 2 is 1.89 bits per heavy atom. The van der Waals surface area contributed by atoms with Gasteiger partial charge in [0.25, 0.3) is 0 Å². The van der Waals surface area contributed by atoms with Crippen LogP contribution in [0.5, 0.6) is 11.5 Å². The van der Waals surface area contributed by atoms with E-state index < -0.39 is 5.82 Å². The molecular formula is C20H21BrFN3O2. The minimum Gasteiger partial charge on any atom is -0.493 e. The molecule has 5 nitrogen and oxygen atoms in total. The van der Waals surface area contributed by atoms with Crippen LogP contribution in [0.25, 0.3) is 0 Å². The normalized spacial score (nSPS) is 14.7. The first-order valence-electron chi connectivity index (χ1n) is 8.63. The van der Waals surface area contributed by atoms with Crippen LogP contribution in [-0.4, -0.2) is 45.3 Å². The van der Waals surface area contributed by atoms with E-state index in [-0.39, 0.29) is 5.56 Å². The fourth-order valence-electron chi connectivity index (χ4n) is 3.35. The van der Waals surface area contributed by atoms with Crippen LogP contribution in [-0.2, 0) is 6.54 Å². The minimum atomic E-state index is -0.465. The highest BCUT2D eigenvalue weighted by molar-refractivity contribution is 9.10. The van der Waals surface area contributed by atoms with Crippen molar-refractivity contribution in [3.8, 4) is 17.6 Å². The molecule has 0 aromatic heterocycles. The summed E-state index contributed by atoms with van der Waals surface area (Å²) in [6.45, 7) is 3.92. The van der Waals surface area contributed by atoms with E-state index in [0.29, 0.717) is 17.2 Å². The zero-order chi connectivity index (χ0) is 19.4. The first kappa shape index (κ1) is 19.5. The van der Waals surface area contributed by atoms with Crippen molar-refractivity contribution in [3.05, 3.63) is 51.7 Å². The summed E-state index contributed by atoms with van der Waals surface area (Å²) in [6, 6.07) is 10.8. The van der Waals surface area contributed by atoms with Gasteiger partial charge in [0.1, 0.15) is 17.4 Å². The number of benzene rings is 2. The summed E-state index contributed by atoms with van der Waals surface area (Å²) in [4.78, 5) is 4.40. The van der Waals surface area contributed by atoms with Crippen LogP contribution >= 0.6 is 15.9 Å². The molecule has 0 radical (unpaired) electrons. The number of methoxy groups -OCH3 is 2. The molecule has 0 bridgehead atoms. The Balaban J connectivity index is 1.68. The molecule has 27 heavy (non-hydrogen) atoms. The minimum absolute atomic E-state index is 0.120. The Bertz CT molecular complexity index is 861. The highest BCUT2D eigenvalue weighted by Gasteiger charge is 2.21. The van der Waals surface area contributed by atoms with Gasteiger partial charge in [-0.1, -0.05) is 6.07 Å². The van der Waals surface area contributed by atoms with Gasteiger partial charge in [-0.15, -0.1) is 0 Å². The molecule has 1 saturated heterocycles. The van der Waals surface area contributed by atoms with Crippen molar-refractivity contribution in [2.24, 2.45) is 0 Å². The van der Waals surface area contributed by atoms with Gasteiger partial charge in [0.15, 0.2) is 11.5 Å². The Labute approximate surface area is 167 Å². The quantitative estimate of drug-likeness (QED) is 0.717. The number of anilines is 1. The predicted octanol–water partition coefficient (Wildman–Crippen LogP) is 3.80. The van der Waals surface area contributed by atoms with E-state index in [9.17, 15) is 9.65 Å². The predicted molar refractivity (Wildman–Crippen MR) is 106 cm³/mol. The van der Waals surface area contributed by atoms with E-state index in [4.69, 9.17) is 9.47 Å². The third kappa shape index (κ3) is 4.18. The maximum Gasteiger partial charge on any atom is 0.174 e. The number of rotatable bonds is 5. The van der Waals surface area contributed by atoms with E-state index in [1.54, 1.807) is 20.3 Å². The van der Waals surface area contributed by atoms with Gasteiger partial charge in [-0.2, -0.15) is 5.26 Å². The van der Waals surface area contributed by atoms with Crippen LogP contribution in [0.2, 0.25) is 0 Å². The van der Waals surface area contributed by atoms with Crippen molar-refractivity contribution in [1.29, 1.82) is 5.26 Å². The van der Waals surface area contributed by atoms with E-state index in [0.717, 1.165) is 42.8 Å². The van der Waals surface area contributed by atoms with Crippen LogP contribution in [0.1, 0.15) is 11.1 Å². The molecule has 1 aliphatic rings. The van der Waals surface area contributed by atoms with E-state index in [1.807, 2.05) is 24.3 Å². The van der Waals surface area contributed by atoms with Gasteiger partial charge >= 0.3 is 0 Å². The Morgan fingerprint density at radius 3 is 2.52 bits per heavy atom. The number of hydrogen-bond donors (Lipinski definition) is 0. The topological polar surface area (TPSA) is 48.7 Å². The number of piperazine rings is 1. The average Bonchev–Trinajstić information content (AvgIpc) is 2.68. The van der Waals surface area contributed by atoms with Crippen molar-refractivity contribution in [1.82, 2.24) is 4.90 Å². The molecule has 1 aliphatic heterocycles. The lowest BCUT2D eigenvalue weighted by Crippen LogP contribution is -2.46. The summed E-state index contributed by atoms with van der Waals surface area (Å²) in [5, 5.41) is 9.24. The lowest BCUT2D eigenvalue weighted by Gasteiger charge is -2.36. The Morgan fingerprint density at radius 1 is 1.15 bits per heavy atom. The lowest BCUT2D eigenvalue weighted by atomic mass is 10.1.